The number of carbonyl (C=O) groups excluding carboxylic acids is 1. The number of anilines is 2. The topological polar surface area (TPSA) is 84.7 Å². The number of aromatic nitrogens is 4. The Morgan fingerprint density at radius 1 is 0.880 bits per heavy atom. The molecule has 7 heteroatoms. The molecule has 0 aliphatic heterocycles. The molecule has 4 aromatic rings. The summed E-state index contributed by atoms with van der Waals surface area (Å²) in [6.45, 7) is 0. The van der Waals surface area contributed by atoms with E-state index in [9.17, 15) is 4.79 Å². The third-order valence-electron chi connectivity index (χ3n) is 3.60. The number of imidazole rings is 1. The fourth-order valence-corrected chi connectivity index (χ4v) is 2.47. The van der Waals surface area contributed by atoms with E-state index < -0.39 is 6.03 Å². The number of fused-ring (bicyclic) bond motifs is 1. The summed E-state index contributed by atoms with van der Waals surface area (Å²) in [7, 11) is 0. The van der Waals surface area contributed by atoms with Gasteiger partial charge in [0, 0.05) is 11.9 Å². The van der Waals surface area contributed by atoms with E-state index in [1.165, 1.54) is 0 Å². The maximum Gasteiger partial charge on any atom is 0.326 e. The quantitative estimate of drug-likeness (QED) is 0.602. The molecule has 0 unspecified atom stereocenters. The number of urea groups is 1. The van der Waals surface area contributed by atoms with Crippen molar-refractivity contribution in [3.63, 3.8) is 0 Å². The molecule has 7 nitrogen and oxygen atoms in total. The van der Waals surface area contributed by atoms with Gasteiger partial charge in [-0.15, -0.1) is 0 Å². The molecule has 0 radical (unpaired) electrons. The van der Waals surface area contributed by atoms with E-state index >= 15 is 0 Å². The van der Waals surface area contributed by atoms with Crippen molar-refractivity contribution in [3.8, 4) is 5.82 Å². The molecule has 2 heterocycles. The molecule has 0 aliphatic rings. The smallest absolute Gasteiger partial charge is 0.308 e. The van der Waals surface area contributed by atoms with Crippen molar-refractivity contribution in [3.05, 3.63) is 73.2 Å². The Morgan fingerprint density at radius 2 is 1.68 bits per heavy atom. The Bertz CT molecular complexity index is 1030. The van der Waals surface area contributed by atoms with Gasteiger partial charge in [0.05, 0.1) is 11.0 Å². The number of benzene rings is 2. The SMILES string of the molecule is O=C(Nc1ccccc1)Nc1nccc(-n2cnc3ccccc32)n1. The molecule has 4 rings (SSSR count). The number of carbonyl (C=O) groups is 1. The van der Waals surface area contributed by atoms with E-state index in [-0.39, 0.29) is 5.95 Å². The Hall–Kier alpha value is -3.74. The van der Waals surface area contributed by atoms with Crippen LogP contribution in [-0.2, 0) is 0 Å². The third kappa shape index (κ3) is 3.16. The van der Waals surface area contributed by atoms with E-state index in [0.29, 0.717) is 11.5 Å². The molecule has 0 bridgehead atoms. The van der Waals surface area contributed by atoms with E-state index in [4.69, 9.17) is 0 Å². The minimum absolute atomic E-state index is 0.212. The second kappa shape index (κ2) is 6.40. The van der Waals surface area contributed by atoms with Crippen LogP contribution in [0.3, 0.4) is 0 Å². The van der Waals surface area contributed by atoms with Gasteiger partial charge >= 0.3 is 6.03 Å². The Balaban J connectivity index is 1.56. The monoisotopic (exact) mass is 330 g/mol. The van der Waals surface area contributed by atoms with Crippen LogP contribution in [0.5, 0.6) is 0 Å². The lowest BCUT2D eigenvalue weighted by atomic mass is 10.3. The Morgan fingerprint density at radius 3 is 2.56 bits per heavy atom. The first-order valence-electron chi connectivity index (χ1n) is 7.68. The van der Waals surface area contributed by atoms with Crippen molar-refractivity contribution in [1.29, 1.82) is 0 Å². The highest BCUT2D eigenvalue weighted by Gasteiger charge is 2.08. The molecule has 2 amide bonds. The van der Waals surface area contributed by atoms with Gasteiger partial charge in [-0.1, -0.05) is 30.3 Å². The van der Waals surface area contributed by atoms with Gasteiger partial charge < -0.3 is 5.32 Å². The van der Waals surface area contributed by atoms with Crippen molar-refractivity contribution in [2.45, 2.75) is 0 Å². The molecule has 0 saturated carbocycles. The summed E-state index contributed by atoms with van der Waals surface area (Å²) in [6, 6.07) is 18.3. The first kappa shape index (κ1) is 14.8. The molecule has 0 fully saturated rings. The largest absolute Gasteiger partial charge is 0.326 e. The molecule has 0 aliphatic carbocycles. The van der Waals surface area contributed by atoms with Crippen molar-refractivity contribution in [1.82, 2.24) is 19.5 Å². The molecule has 2 N–H and O–H groups in total. The third-order valence-corrected chi connectivity index (χ3v) is 3.60. The zero-order valence-corrected chi connectivity index (χ0v) is 13.1. The van der Waals surface area contributed by atoms with Crippen molar-refractivity contribution in [2.75, 3.05) is 10.6 Å². The Labute approximate surface area is 143 Å². The summed E-state index contributed by atoms with van der Waals surface area (Å²) in [6.07, 6.45) is 3.29. The van der Waals surface area contributed by atoms with Crippen LogP contribution in [0, 0.1) is 0 Å². The number of nitrogens with zero attached hydrogens (tertiary/aromatic N) is 4. The number of rotatable bonds is 3. The highest BCUT2D eigenvalue weighted by Crippen LogP contribution is 2.17. The fourth-order valence-electron chi connectivity index (χ4n) is 2.47. The number of amides is 2. The predicted molar refractivity (Wildman–Crippen MR) is 95.7 cm³/mol. The van der Waals surface area contributed by atoms with Gasteiger partial charge in [0.15, 0.2) is 0 Å². The molecule has 25 heavy (non-hydrogen) atoms. The highest BCUT2D eigenvalue weighted by molar-refractivity contribution is 5.98. The zero-order valence-electron chi connectivity index (χ0n) is 13.1. The van der Waals surface area contributed by atoms with Gasteiger partial charge in [0.1, 0.15) is 12.1 Å². The van der Waals surface area contributed by atoms with Gasteiger partial charge in [-0.05, 0) is 30.3 Å². The molecule has 0 saturated heterocycles. The van der Waals surface area contributed by atoms with Crippen molar-refractivity contribution < 1.29 is 4.79 Å². The molecule has 122 valence electrons. The van der Waals surface area contributed by atoms with Crippen LogP contribution < -0.4 is 10.6 Å². The van der Waals surface area contributed by atoms with Crippen LogP contribution in [-0.4, -0.2) is 25.6 Å². The van der Waals surface area contributed by atoms with Crippen LogP contribution in [0.4, 0.5) is 16.4 Å². The average molecular weight is 330 g/mol. The summed E-state index contributed by atoms with van der Waals surface area (Å²) < 4.78 is 1.84. The minimum atomic E-state index is -0.404. The van der Waals surface area contributed by atoms with Gasteiger partial charge in [-0.2, -0.15) is 4.98 Å². The summed E-state index contributed by atoms with van der Waals surface area (Å²) in [4.78, 5) is 24.9. The Kier molecular flexibility index (Phi) is 3.80. The molecule has 2 aromatic carbocycles. The number of para-hydroxylation sites is 3. The van der Waals surface area contributed by atoms with Gasteiger partial charge in [-0.25, -0.2) is 14.8 Å². The first-order valence-corrected chi connectivity index (χ1v) is 7.68. The van der Waals surface area contributed by atoms with Gasteiger partial charge in [-0.3, -0.25) is 9.88 Å². The second-order valence-electron chi connectivity index (χ2n) is 5.29. The normalized spacial score (nSPS) is 10.6. The maximum absolute atomic E-state index is 12.1. The summed E-state index contributed by atoms with van der Waals surface area (Å²) in [5, 5.41) is 5.36. The summed E-state index contributed by atoms with van der Waals surface area (Å²) in [5.74, 6) is 0.836. The van der Waals surface area contributed by atoms with E-state index in [1.54, 1.807) is 30.7 Å². The fraction of sp³-hybridized carbons (Fsp3) is 0. The molecular weight excluding hydrogens is 316 g/mol. The molecular formula is C18H14N6O. The van der Waals surface area contributed by atoms with Crippen LogP contribution in [0.2, 0.25) is 0 Å². The van der Waals surface area contributed by atoms with Crippen LogP contribution >= 0.6 is 0 Å². The van der Waals surface area contributed by atoms with E-state index in [0.717, 1.165) is 11.0 Å². The second-order valence-corrected chi connectivity index (χ2v) is 5.29. The summed E-state index contributed by atoms with van der Waals surface area (Å²) in [5.41, 5.74) is 2.50. The van der Waals surface area contributed by atoms with E-state index in [1.807, 2.05) is 47.0 Å². The van der Waals surface area contributed by atoms with Crippen LogP contribution in [0.1, 0.15) is 0 Å². The van der Waals surface area contributed by atoms with Crippen LogP contribution in [0.25, 0.3) is 16.9 Å². The number of nitrogens with one attached hydrogen (secondary N) is 2. The van der Waals surface area contributed by atoms with Crippen LogP contribution in [0.15, 0.2) is 73.2 Å². The lowest BCUT2D eigenvalue weighted by Gasteiger charge is -2.08. The lowest BCUT2D eigenvalue weighted by molar-refractivity contribution is 0.262. The van der Waals surface area contributed by atoms with Gasteiger partial charge in [0.2, 0.25) is 5.95 Å². The lowest BCUT2D eigenvalue weighted by Crippen LogP contribution is -2.21. The summed E-state index contributed by atoms with van der Waals surface area (Å²) >= 11 is 0. The van der Waals surface area contributed by atoms with Crippen molar-refractivity contribution >= 4 is 28.7 Å². The van der Waals surface area contributed by atoms with Gasteiger partial charge in [0.25, 0.3) is 0 Å². The molecule has 0 atom stereocenters. The maximum atomic E-state index is 12.1. The minimum Gasteiger partial charge on any atom is -0.308 e. The highest BCUT2D eigenvalue weighted by atomic mass is 16.2. The number of hydrogen-bond donors (Lipinski definition) is 2. The van der Waals surface area contributed by atoms with E-state index in [2.05, 4.69) is 25.6 Å². The zero-order chi connectivity index (χ0) is 17.1. The molecule has 0 spiro atoms. The first-order chi connectivity index (χ1) is 12.3. The average Bonchev–Trinajstić information content (AvgIpc) is 3.07. The number of hydrogen-bond acceptors (Lipinski definition) is 4. The molecule has 2 aromatic heterocycles. The standard InChI is InChI=1S/C18H14N6O/c25-18(21-13-6-2-1-3-7-13)23-17-19-11-10-16(22-17)24-12-20-14-8-4-5-9-15(14)24/h1-12H,(H2,19,21,22,23,25). The van der Waals surface area contributed by atoms with Crippen molar-refractivity contribution in [2.24, 2.45) is 0 Å². The predicted octanol–water partition coefficient (Wildman–Crippen LogP) is 3.46.